The first-order valence-electron chi connectivity index (χ1n) is 9.37. The Balaban J connectivity index is 1.36. The summed E-state index contributed by atoms with van der Waals surface area (Å²) in [5.74, 6) is 1.76. The third kappa shape index (κ3) is 2.82. The number of hydrogen-bond donors (Lipinski definition) is 0. The van der Waals surface area contributed by atoms with E-state index in [1.54, 1.807) is 24.8 Å². The van der Waals surface area contributed by atoms with Gasteiger partial charge >= 0.3 is 0 Å². The topological polar surface area (TPSA) is 72.2 Å². The molecule has 1 aliphatic heterocycles. The maximum atomic E-state index is 5.31. The fourth-order valence-electron chi connectivity index (χ4n) is 3.60. The van der Waals surface area contributed by atoms with Gasteiger partial charge in [0.15, 0.2) is 22.1 Å². The lowest BCUT2D eigenvalue weighted by Crippen LogP contribution is -2.46. The Bertz CT molecular complexity index is 1130. The van der Waals surface area contributed by atoms with Crippen molar-refractivity contribution in [2.75, 3.05) is 43.1 Å². The SMILES string of the molecule is CCn1cnc2c(N3CCN(c4nc5cc(OC)ccc5s4)CC3)ncnc21. The summed E-state index contributed by atoms with van der Waals surface area (Å²) in [6, 6.07) is 6.05. The van der Waals surface area contributed by atoms with Gasteiger partial charge in [-0.2, -0.15) is 0 Å². The van der Waals surface area contributed by atoms with E-state index in [-0.39, 0.29) is 0 Å². The highest BCUT2D eigenvalue weighted by Crippen LogP contribution is 2.32. The molecule has 4 heterocycles. The number of imidazole rings is 1. The molecule has 0 unspecified atom stereocenters. The predicted octanol–water partition coefficient (Wildman–Crippen LogP) is 2.79. The van der Waals surface area contributed by atoms with E-state index in [9.17, 15) is 0 Å². The summed E-state index contributed by atoms with van der Waals surface area (Å²) in [5.41, 5.74) is 2.77. The van der Waals surface area contributed by atoms with Crippen LogP contribution < -0.4 is 14.5 Å². The number of ether oxygens (including phenoxy) is 1. The molecule has 1 saturated heterocycles. The van der Waals surface area contributed by atoms with Gasteiger partial charge in [0.1, 0.15) is 12.1 Å². The van der Waals surface area contributed by atoms with Crippen LogP contribution in [0.5, 0.6) is 5.75 Å². The molecule has 144 valence electrons. The Morgan fingerprint density at radius 2 is 1.89 bits per heavy atom. The van der Waals surface area contributed by atoms with Gasteiger partial charge in [-0.15, -0.1) is 0 Å². The van der Waals surface area contributed by atoms with E-state index in [1.807, 2.05) is 23.0 Å². The van der Waals surface area contributed by atoms with Gasteiger partial charge in [-0.3, -0.25) is 0 Å². The average Bonchev–Trinajstić information content (AvgIpc) is 3.37. The lowest BCUT2D eigenvalue weighted by Gasteiger charge is -2.35. The normalized spacial score (nSPS) is 14.9. The number of piperazine rings is 1. The van der Waals surface area contributed by atoms with Crippen LogP contribution in [0.1, 0.15) is 6.92 Å². The standard InChI is InChI=1S/C19H21N7OS/c1-3-24-12-22-16-17(24)20-11-21-18(16)25-6-8-26(9-7-25)19-23-14-10-13(27-2)4-5-15(14)28-19/h4-5,10-12H,3,6-9H2,1-2H3. The van der Waals surface area contributed by atoms with Crippen LogP contribution in [-0.4, -0.2) is 57.8 Å². The summed E-state index contributed by atoms with van der Waals surface area (Å²) in [5, 5.41) is 1.06. The summed E-state index contributed by atoms with van der Waals surface area (Å²) >= 11 is 1.73. The smallest absolute Gasteiger partial charge is 0.186 e. The molecule has 0 amide bonds. The first kappa shape index (κ1) is 17.2. The van der Waals surface area contributed by atoms with Crippen molar-refractivity contribution >= 4 is 43.7 Å². The third-order valence-corrected chi connectivity index (χ3v) is 6.25. The molecule has 8 nitrogen and oxygen atoms in total. The molecular weight excluding hydrogens is 374 g/mol. The molecule has 0 aliphatic carbocycles. The number of rotatable bonds is 4. The van der Waals surface area contributed by atoms with Crippen LogP contribution in [0.4, 0.5) is 10.9 Å². The molecule has 28 heavy (non-hydrogen) atoms. The maximum Gasteiger partial charge on any atom is 0.186 e. The summed E-state index contributed by atoms with van der Waals surface area (Å²) in [6.45, 7) is 6.50. The van der Waals surface area contributed by atoms with Crippen LogP contribution in [0.25, 0.3) is 21.4 Å². The first-order chi connectivity index (χ1) is 13.8. The fraction of sp³-hybridized carbons (Fsp3) is 0.368. The lowest BCUT2D eigenvalue weighted by molar-refractivity contribution is 0.415. The number of nitrogens with zero attached hydrogens (tertiary/aromatic N) is 7. The summed E-state index contributed by atoms with van der Waals surface area (Å²) in [4.78, 5) is 22.9. The number of hydrogen-bond acceptors (Lipinski definition) is 8. The number of anilines is 2. The summed E-state index contributed by atoms with van der Waals surface area (Å²) < 4.78 is 8.54. The second-order valence-corrected chi connectivity index (χ2v) is 7.71. The highest BCUT2D eigenvalue weighted by molar-refractivity contribution is 7.22. The second-order valence-electron chi connectivity index (χ2n) is 6.70. The molecule has 5 rings (SSSR count). The van der Waals surface area contributed by atoms with E-state index in [0.29, 0.717) is 0 Å². The Labute approximate surface area is 166 Å². The number of thiazole rings is 1. The van der Waals surface area contributed by atoms with E-state index in [2.05, 4.69) is 37.7 Å². The molecule has 1 aliphatic rings. The quantitative estimate of drug-likeness (QED) is 0.526. The largest absolute Gasteiger partial charge is 0.497 e. The lowest BCUT2D eigenvalue weighted by atomic mass is 10.3. The molecule has 0 atom stereocenters. The van der Waals surface area contributed by atoms with Crippen LogP contribution in [0.3, 0.4) is 0 Å². The number of fused-ring (bicyclic) bond motifs is 2. The van der Waals surface area contributed by atoms with Gasteiger partial charge in [0.05, 0.1) is 23.7 Å². The first-order valence-corrected chi connectivity index (χ1v) is 10.2. The number of aryl methyl sites for hydroxylation is 1. The minimum atomic E-state index is 0.841. The Morgan fingerprint density at radius 3 is 2.68 bits per heavy atom. The van der Waals surface area contributed by atoms with Gasteiger partial charge in [0.2, 0.25) is 0 Å². The predicted molar refractivity (Wildman–Crippen MR) is 112 cm³/mol. The van der Waals surface area contributed by atoms with Gasteiger partial charge in [-0.25, -0.2) is 19.9 Å². The van der Waals surface area contributed by atoms with Crippen LogP contribution in [0.15, 0.2) is 30.9 Å². The molecule has 1 aromatic carbocycles. The minimum absolute atomic E-state index is 0.841. The van der Waals surface area contributed by atoms with Crippen molar-refractivity contribution in [3.8, 4) is 5.75 Å². The van der Waals surface area contributed by atoms with E-state index >= 15 is 0 Å². The van der Waals surface area contributed by atoms with Crippen LogP contribution >= 0.6 is 11.3 Å². The van der Waals surface area contributed by atoms with E-state index in [0.717, 1.165) is 66.1 Å². The summed E-state index contributed by atoms with van der Waals surface area (Å²) in [7, 11) is 1.68. The zero-order valence-corrected chi connectivity index (χ0v) is 16.7. The van der Waals surface area contributed by atoms with Crippen molar-refractivity contribution in [3.63, 3.8) is 0 Å². The molecule has 0 saturated carbocycles. The average molecular weight is 395 g/mol. The Kier molecular flexibility index (Phi) is 4.23. The van der Waals surface area contributed by atoms with Gasteiger partial charge in [0.25, 0.3) is 0 Å². The van der Waals surface area contributed by atoms with Gasteiger partial charge in [-0.1, -0.05) is 11.3 Å². The van der Waals surface area contributed by atoms with Crippen LogP contribution in [0, 0.1) is 0 Å². The van der Waals surface area contributed by atoms with Crippen molar-refractivity contribution in [3.05, 3.63) is 30.9 Å². The van der Waals surface area contributed by atoms with Crippen molar-refractivity contribution in [2.45, 2.75) is 13.5 Å². The van der Waals surface area contributed by atoms with Gasteiger partial charge < -0.3 is 19.1 Å². The van der Waals surface area contributed by atoms with Crippen LogP contribution in [-0.2, 0) is 6.54 Å². The molecule has 4 aromatic rings. The third-order valence-electron chi connectivity index (χ3n) is 5.16. The number of methoxy groups -OCH3 is 1. The van der Waals surface area contributed by atoms with E-state index in [1.165, 1.54) is 4.70 Å². The second kappa shape index (κ2) is 6.90. The Hall–Kier alpha value is -2.94. The molecule has 9 heteroatoms. The molecule has 1 fully saturated rings. The molecule has 3 aromatic heterocycles. The zero-order chi connectivity index (χ0) is 19.1. The number of aromatic nitrogens is 5. The highest BCUT2D eigenvalue weighted by Gasteiger charge is 2.23. The van der Waals surface area contributed by atoms with Crippen molar-refractivity contribution in [1.29, 1.82) is 0 Å². The zero-order valence-electron chi connectivity index (χ0n) is 15.9. The van der Waals surface area contributed by atoms with E-state index < -0.39 is 0 Å². The fourth-order valence-corrected chi connectivity index (χ4v) is 4.60. The van der Waals surface area contributed by atoms with Crippen molar-refractivity contribution in [2.24, 2.45) is 0 Å². The molecule has 0 spiro atoms. The van der Waals surface area contributed by atoms with Crippen molar-refractivity contribution < 1.29 is 4.74 Å². The van der Waals surface area contributed by atoms with Crippen molar-refractivity contribution in [1.82, 2.24) is 24.5 Å². The summed E-state index contributed by atoms with van der Waals surface area (Å²) in [6.07, 6.45) is 3.48. The molecule has 0 radical (unpaired) electrons. The monoisotopic (exact) mass is 395 g/mol. The Morgan fingerprint density at radius 1 is 1.07 bits per heavy atom. The van der Waals surface area contributed by atoms with Gasteiger partial charge in [0, 0.05) is 38.8 Å². The number of benzene rings is 1. The minimum Gasteiger partial charge on any atom is -0.497 e. The van der Waals surface area contributed by atoms with Gasteiger partial charge in [-0.05, 0) is 19.1 Å². The van der Waals surface area contributed by atoms with Crippen LogP contribution in [0.2, 0.25) is 0 Å². The molecule has 0 N–H and O–H groups in total. The molecule has 0 bridgehead atoms. The highest BCUT2D eigenvalue weighted by atomic mass is 32.1. The maximum absolute atomic E-state index is 5.31. The molecular formula is C19H21N7OS. The van der Waals surface area contributed by atoms with E-state index in [4.69, 9.17) is 9.72 Å².